The summed E-state index contributed by atoms with van der Waals surface area (Å²) >= 11 is 7.05. The van der Waals surface area contributed by atoms with Crippen molar-refractivity contribution in [2.75, 3.05) is 5.32 Å². The number of halogens is 2. The molecule has 4 rings (SSSR count). The minimum absolute atomic E-state index is 0.0189. The average Bonchev–Trinajstić information content (AvgIpc) is 3.19. The van der Waals surface area contributed by atoms with Crippen LogP contribution in [0.5, 0.6) is 5.75 Å². The molecule has 0 saturated carbocycles. The van der Waals surface area contributed by atoms with Gasteiger partial charge in [0, 0.05) is 9.35 Å². The topological polar surface area (TPSA) is 85.9 Å². The Hall–Kier alpha value is -2.66. The van der Waals surface area contributed by atoms with E-state index in [-0.39, 0.29) is 5.57 Å². The summed E-state index contributed by atoms with van der Waals surface area (Å²) in [5.41, 5.74) is 3.34. The Morgan fingerprint density at radius 3 is 2.65 bits per heavy atom. The molecule has 5 nitrogen and oxygen atoms in total. The summed E-state index contributed by atoms with van der Waals surface area (Å²) in [7, 11) is 0. The molecule has 3 aromatic rings. The number of amides is 1. The lowest BCUT2D eigenvalue weighted by molar-refractivity contribution is -0.112. The molecule has 170 valence electrons. The third-order valence-electron chi connectivity index (χ3n) is 5.45. The number of hydrogen-bond donors (Lipinski definition) is 1. The van der Waals surface area contributed by atoms with E-state index in [0.29, 0.717) is 17.2 Å². The molecule has 1 aliphatic rings. The van der Waals surface area contributed by atoms with E-state index in [9.17, 15) is 15.3 Å². The maximum Gasteiger partial charge on any atom is 0.266 e. The molecule has 1 aliphatic carbocycles. The van der Waals surface area contributed by atoms with E-state index in [2.05, 4.69) is 49.9 Å². The zero-order valence-electron chi connectivity index (χ0n) is 18.0. The van der Waals surface area contributed by atoms with E-state index in [0.717, 1.165) is 61.0 Å². The molecular weight excluding hydrogens is 625 g/mol. The number of carbonyl (C=O) groups is 1. The van der Waals surface area contributed by atoms with Crippen LogP contribution in [0.25, 0.3) is 6.08 Å². The molecule has 1 amide bonds. The highest BCUT2D eigenvalue weighted by Crippen LogP contribution is 2.37. The van der Waals surface area contributed by atoms with Crippen LogP contribution in [-0.2, 0) is 24.2 Å². The van der Waals surface area contributed by atoms with Crippen molar-refractivity contribution in [2.24, 2.45) is 0 Å². The Balaban J connectivity index is 1.48. The number of hydrogen-bond acceptors (Lipinski definition) is 5. The molecule has 0 bridgehead atoms. The smallest absolute Gasteiger partial charge is 0.266 e. The second-order valence-corrected chi connectivity index (χ2v) is 10.9. The molecule has 0 atom stereocenters. The van der Waals surface area contributed by atoms with Crippen LogP contribution in [-0.4, -0.2) is 5.91 Å². The van der Waals surface area contributed by atoms with Gasteiger partial charge in [0.1, 0.15) is 35.1 Å². The first-order valence-corrected chi connectivity index (χ1v) is 13.3. The van der Waals surface area contributed by atoms with Crippen LogP contribution in [0.4, 0.5) is 5.00 Å². The maximum atomic E-state index is 12.8. The monoisotopic (exact) mass is 643 g/mol. The summed E-state index contributed by atoms with van der Waals surface area (Å²) in [5, 5.41) is 22.5. The first-order valence-electron chi connectivity index (χ1n) is 10.6. The van der Waals surface area contributed by atoms with Crippen molar-refractivity contribution in [1.82, 2.24) is 0 Å². The van der Waals surface area contributed by atoms with Gasteiger partial charge in [-0.1, -0.05) is 34.1 Å². The minimum Gasteiger partial charge on any atom is -0.488 e. The second-order valence-electron chi connectivity index (χ2n) is 7.76. The van der Waals surface area contributed by atoms with Crippen LogP contribution < -0.4 is 10.1 Å². The largest absolute Gasteiger partial charge is 0.488 e. The number of anilines is 1. The number of thiophene rings is 1. The van der Waals surface area contributed by atoms with E-state index < -0.39 is 5.91 Å². The highest BCUT2D eigenvalue weighted by atomic mass is 127. The molecule has 1 heterocycles. The van der Waals surface area contributed by atoms with E-state index in [1.807, 2.05) is 48.5 Å². The number of benzene rings is 2. The lowest BCUT2D eigenvalue weighted by Gasteiger charge is -2.09. The standard InChI is InChI=1S/C26H19BrIN3O2S/c27-19-8-5-16(6-9-19)15-33-23-10-7-17(12-22(23)28)11-18(13-29)25(32)31-26-21(14-30)20-3-1-2-4-24(20)34-26/h5-12H,1-4,15H2,(H,31,32)/b18-11+. The molecule has 1 N–H and O–H groups in total. The molecule has 0 radical (unpaired) electrons. The Morgan fingerprint density at radius 2 is 1.94 bits per heavy atom. The lowest BCUT2D eigenvalue weighted by Crippen LogP contribution is -2.13. The van der Waals surface area contributed by atoms with Gasteiger partial charge in [0.15, 0.2) is 0 Å². The van der Waals surface area contributed by atoms with Crippen molar-refractivity contribution < 1.29 is 9.53 Å². The van der Waals surface area contributed by atoms with Crippen molar-refractivity contribution in [3.05, 3.63) is 83.2 Å². The Labute approximate surface area is 224 Å². The van der Waals surface area contributed by atoms with Gasteiger partial charge >= 0.3 is 0 Å². The molecule has 0 saturated heterocycles. The van der Waals surface area contributed by atoms with Gasteiger partial charge in [0.05, 0.1) is 9.13 Å². The normalized spacial score (nSPS) is 12.9. The predicted molar refractivity (Wildman–Crippen MR) is 146 cm³/mol. The quantitative estimate of drug-likeness (QED) is 0.178. The molecule has 0 spiro atoms. The van der Waals surface area contributed by atoms with E-state index in [1.165, 1.54) is 11.3 Å². The van der Waals surface area contributed by atoms with Gasteiger partial charge in [0.25, 0.3) is 5.91 Å². The molecule has 34 heavy (non-hydrogen) atoms. The summed E-state index contributed by atoms with van der Waals surface area (Å²) in [6.45, 7) is 0.441. The number of aryl methyl sites for hydroxylation is 1. The number of nitrogens with zero attached hydrogens (tertiary/aromatic N) is 2. The second kappa shape index (κ2) is 11.2. The Kier molecular flexibility index (Phi) is 8.04. The van der Waals surface area contributed by atoms with Gasteiger partial charge in [-0.15, -0.1) is 11.3 Å². The fourth-order valence-electron chi connectivity index (χ4n) is 3.72. The number of nitrogens with one attached hydrogen (secondary N) is 1. The first kappa shape index (κ1) is 24.5. The number of rotatable bonds is 6. The number of ether oxygens (including phenoxy) is 1. The van der Waals surface area contributed by atoms with Crippen LogP contribution in [0.3, 0.4) is 0 Å². The highest BCUT2D eigenvalue weighted by molar-refractivity contribution is 14.1. The van der Waals surface area contributed by atoms with E-state index >= 15 is 0 Å². The summed E-state index contributed by atoms with van der Waals surface area (Å²) in [6, 6.07) is 17.7. The highest BCUT2D eigenvalue weighted by Gasteiger charge is 2.22. The Bertz CT molecular complexity index is 1350. The molecule has 0 fully saturated rings. The number of nitriles is 2. The fourth-order valence-corrected chi connectivity index (χ4v) is 5.92. The zero-order valence-corrected chi connectivity index (χ0v) is 22.6. The fraction of sp³-hybridized carbons (Fsp3) is 0.192. The van der Waals surface area contributed by atoms with E-state index in [1.54, 1.807) is 6.08 Å². The van der Waals surface area contributed by atoms with Gasteiger partial charge in [0.2, 0.25) is 0 Å². The van der Waals surface area contributed by atoms with E-state index in [4.69, 9.17) is 4.74 Å². The van der Waals surface area contributed by atoms with Gasteiger partial charge in [-0.05, 0) is 95.3 Å². The first-order chi connectivity index (χ1) is 16.5. The van der Waals surface area contributed by atoms with Gasteiger partial charge < -0.3 is 10.1 Å². The van der Waals surface area contributed by atoms with Crippen LogP contribution in [0.15, 0.2) is 52.5 Å². The minimum atomic E-state index is -0.511. The third kappa shape index (κ3) is 5.69. The Morgan fingerprint density at radius 1 is 1.18 bits per heavy atom. The molecule has 2 aromatic carbocycles. The van der Waals surface area contributed by atoms with Crippen molar-refractivity contribution in [3.63, 3.8) is 0 Å². The van der Waals surface area contributed by atoms with Crippen LogP contribution in [0.1, 0.15) is 40.0 Å². The van der Waals surface area contributed by atoms with Crippen LogP contribution in [0, 0.1) is 26.2 Å². The van der Waals surface area contributed by atoms with Crippen molar-refractivity contribution in [3.8, 4) is 17.9 Å². The molecule has 0 aliphatic heterocycles. The average molecular weight is 644 g/mol. The molecular formula is C26H19BrIN3O2S. The molecule has 8 heteroatoms. The van der Waals surface area contributed by atoms with Gasteiger partial charge in [-0.3, -0.25) is 4.79 Å². The summed E-state index contributed by atoms with van der Waals surface area (Å²) < 4.78 is 7.81. The predicted octanol–water partition coefficient (Wildman–Crippen LogP) is 6.99. The third-order valence-corrected chi connectivity index (χ3v) is 8.03. The number of fused-ring (bicyclic) bond motifs is 1. The van der Waals surface area contributed by atoms with Gasteiger partial charge in [-0.2, -0.15) is 10.5 Å². The van der Waals surface area contributed by atoms with Crippen molar-refractivity contribution >= 4 is 66.8 Å². The summed E-state index contributed by atoms with van der Waals surface area (Å²) in [5.74, 6) is 0.217. The SMILES string of the molecule is N#C/C(=C\c1ccc(OCc2ccc(Br)cc2)c(I)c1)C(=O)Nc1sc2c(c1C#N)CCCC2. The van der Waals surface area contributed by atoms with Gasteiger partial charge in [-0.25, -0.2) is 0 Å². The lowest BCUT2D eigenvalue weighted by atomic mass is 9.96. The molecule has 1 aromatic heterocycles. The molecule has 0 unspecified atom stereocenters. The summed E-state index contributed by atoms with van der Waals surface area (Å²) in [6.07, 6.45) is 5.49. The summed E-state index contributed by atoms with van der Waals surface area (Å²) in [4.78, 5) is 14.0. The number of carbonyl (C=O) groups excluding carboxylic acids is 1. The zero-order chi connectivity index (χ0) is 24.1. The van der Waals surface area contributed by atoms with Crippen LogP contribution in [0.2, 0.25) is 0 Å². The maximum absolute atomic E-state index is 12.8. The van der Waals surface area contributed by atoms with Crippen molar-refractivity contribution in [2.45, 2.75) is 32.3 Å². The van der Waals surface area contributed by atoms with Crippen LogP contribution >= 0.6 is 49.9 Å². The van der Waals surface area contributed by atoms with Crippen molar-refractivity contribution in [1.29, 1.82) is 10.5 Å².